The van der Waals surface area contributed by atoms with Crippen LogP contribution in [0.1, 0.15) is 25.7 Å². The Bertz CT molecular complexity index is 720. The fourth-order valence-electron chi connectivity index (χ4n) is 2.53. The molecule has 140 valence electrons. The number of rotatable bonds is 9. The molecule has 2 rings (SSSR count). The van der Waals surface area contributed by atoms with Crippen LogP contribution in [0.3, 0.4) is 0 Å². The summed E-state index contributed by atoms with van der Waals surface area (Å²) < 4.78 is 5.01. The number of carboxylic acids is 1. The van der Waals surface area contributed by atoms with E-state index >= 15 is 0 Å². The van der Waals surface area contributed by atoms with Gasteiger partial charge in [-0.1, -0.05) is 6.42 Å². The molecular formula is C16H19N3O7. The normalized spacial score (nSPS) is 12.9. The van der Waals surface area contributed by atoms with Crippen molar-refractivity contribution in [3.05, 3.63) is 28.3 Å². The number of non-ortho nitro benzene ring substituents is 1. The summed E-state index contributed by atoms with van der Waals surface area (Å²) >= 11 is 0. The molecule has 0 saturated carbocycles. The Balaban J connectivity index is 1.87. The number of aliphatic carboxylic acids is 1. The highest BCUT2D eigenvalue weighted by molar-refractivity contribution is 5.89. The molecule has 26 heavy (non-hydrogen) atoms. The molecule has 10 heteroatoms. The average molecular weight is 365 g/mol. The largest absolute Gasteiger partial charge is 0.481 e. The molecule has 1 aromatic carbocycles. The second-order valence-corrected chi connectivity index (χ2v) is 5.79. The van der Waals surface area contributed by atoms with E-state index in [1.807, 2.05) is 0 Å². The standard InChI is InChI=1S/C16H19N3O7/c20-14(17-7-3-1-2-4-15(21)22)9-18-10-16(23)26-13-8-11(19(24)25)5-6-12(13)18/h5-6,8H,1-4,7,9-10H2,(H,17,20)(H,21,22). The van der Waals surface area contributed by atoms with Gasteiger partial charge in [-0.25, -0.2) is 4.79 Å². The number of nitrogens with zero attached hydrogens (tertiary/aromatic N) is 2. The number of benzene rings is 1. The van der Waals surface area contributed by atoms with Gasteiger partial charge in [0, 0.05) is 19.0 Å². The van der Waals surface area contributed by atoms with Crippen LogP contribution in [0, 0.1) is 10.1 Å². The average Bonchev–Trinajstić information content (AvgIpc) is 2.56. The van der Waals surface area contributed by atoms with Gasteiger partial charge in [-0.2, -0.15) is 0 Å². The number of unbranched alkanes of at least 4 members (excludes halogenated alkanes) is 2. The molecule has 0 atom stereocenters. The highest BCUT2D eigenvalue weighted by Crippen LogP contribution is 2.34. The van der Waals surface area contributed by atoms with Crippen molar-refractivity contribution in [2.45, 2.75) is 25.7 Å². The van der Waals surface area contributed by atoms with E-state index in [9.17, 15) is 24.5 Å². The van der Waals surface area contributed by atoms with Crippen LogP contribution < -0.4 is 15.0 Å². The lowest BCUT2D eigenvalue weighted by molar-refractivity contribution is -0.384. The predicted molar refractivity (Wildman–Crippen MR) is 90.1 cm³/mol. The summed E-state index contributed by atoms with van der Waals surface area (Å²) in [6.45, 7) is 0.190. The van der Waals surface area contributed by atoms with Gasteiger partial charge in [-0.15, -0.1) is 0 Å². The van der Waals surface area contributed by atoms with Crippen LogP contribution in [0.25, 0.3) is 0 Å². The topological polar surface area (TPSA) is 139 Å². The SMILES string of the molecule is O=C(O)CCCCCNC(=O)CN1CC(=O)Oc2cc([N+](=O)[O-])ccc21. The highest BCUT2D eigenvalue weighted by Gasteiger charge is 2.27. The van der Waals surface area contributed by atoms with Gasteiger partial charge in [0.25, 0.3) is 5.69 Å². The quantitative estimate of drug-likeness (QED) is 0.218. The summed E-state index contributed by atoms with van der Waals surface area (Å²) in [5.74, 6) is -1.69. The van der Waals surface area contributed by atoms with E-state index in [1.54, 1.807) is 0 Å². The smallest absolute Gasteiger partial charge is 0.331 e. The molecular weight excluding hydrogens is 346 g/mol. The third kappa shape index (κ3) is 5.43. The molecule has 1 aliphatic heterocycles. The summed E-state index contributed by atoms with van der Waals surface area (Å²) in [5, 5.41) is 22.1. The van der Waals surface area contributed by atoms with Crippen molar-refractivity contribution in [1.82, 2.24) is 5.32 Å². The summed E-state index contributed by atoms with van der Waals surface area (Å²) in [4.78, 5) is 45.8. The number of esters is 1. The van der Waals surface area contributed by atoms with Gasteiger partial charge in [0.2, 0.25) is 5.91 Å². The summed E-state index contributed by atoms with van der Waals surface area (Å²) in [7, 11) is 0. The van der Waals surface area contributed by atoms with E-state index < -0.39 is 16.9 Å². The Hall–Kier alpha value is -3.17. The van der Waals surface area contributed by atoms with E-state index in [0.717, 1.165) is 6.07 Å². The zero-order valence-corrected chi connectivity index (χ0v) is 14.0. The van der Waals surface area contributed by atoms with Gasteiger partial charge >= 0.3 is 11.9 Å². The Morgan fingerprint density at radius 3 is 2.77 bits per heavy atom. The third-order valence-electron chi connectivity index (χ3n) is 3.76. The van der Waals surface area contributed by atoms with Gasteiger partial charge < -0.3 is 20.1 Å². The molecule has 1 aromatic rings. The minimum Gasteiger partial charge on any atom is -0.481 e. The van der Waals surface area contributed by atoms with Crippen molar-refractivity contribution in [3.8, 4) is 5.75 Å². The summed E-state index contributed by atoms with van der Waals surface area (Å²) in [6.07, 6.45) is 2.00. The second kappa shape index (κ2) is 8.79. The number of hydrogen-bond donors (Lipinski definition) is 2. The number of fused-ring (bicyclic) bond motifs is 1. The molecule has 10 nitrogen and oxygen atoms in total. The monoisotopic (exact) mass is 365 g/mol. The van der Waals surface area contributed by atoms with Crippen LogP contribution in [0.4, 0.5) is 11.4 Å². The molecule has 0 aliphatic carbocycles. The van der Waals surface area contributed by atoms with Crippen LogP contribution in [0.5, 0.6) is 5.75 Å². The number of hydrogen-bond acceptors (Lipinski definition) is 7. The van der Waals surface area contributed by atoms with Gasteiger partial charge in [-0.05, 0) is 18.9 Å². The molecule has 0 radical (unpaired) electrons. The van der Waals surface area contributed by atoms with Crippen molar-refractivity contribution in [2.75, 3.05) is 24.5 Å². The molecule has 1 aliphatic rings. The van der Waals surface area contributed by atoms with Gasteiger partial charge in [0.15, 0.2) is 5.75 Å². The van der Waals surface area contributed by atoms with E-state index in [1.165, 1.54) is 17.0 Å². The molecule has 1 heterocycles. The van der Waals surface area contributed by atoms with Crippen LogP contribution in [-0.2, 0) is 14.4 Å². The van der Waals surface area contributed by atoms with Crippen LogP contribution >= 0.6 is 0 Å². The van der Waals surface area contributed by atoms with E-state index in [2.05, 4.69) is 5.32 Å². The van der Waals surface area contributed by atoms with Crippen molar-refractivity contribution in [3.63, 3.8) is 0 Å². The van der Waals surface area contributed by atoms with E-state index in [0.29, 0.717) is 31.5 Å². The molecule has 0 bridgehead atoms. The maximum Gasteiger partial charge on any atom is 0.331 e. The van der Waals surface area contributed by atoms with Gasteiger partial charge in [0.05, 0.1) is 23.2 Å². The molecule has 0 spiro atoms. The van der Waals surface area contributed by atoms with Crippen molar-refractivity contribution >= 4 is 29.2 Å². The van der Waals surface area contributed by atoms with Crippen molar-refractivity contribution < 1.29 is 29.2 Å². The lowest BCUT2D eigenvalue weighted by Gasteiger charge is -2.28. The Labute approximate surface area is 148 Å². The number of nitro benzene ring substituents is 1. The fourth-order valence-corrected chi connectivity index (χ4v) is 2.53. The maximum absolute atomic E-state index is 12.0. The van der Waals surface area contributed by atoms with Gasteiger partial charge in [-0.3, -0.25) is 19.7 Å². The second-order valence-electron chi connectivity index (χ2n) is 5.79. The zero-order valence-electron chi connectivity index (χ0n) is 14.0. The number of amides is 1. The molecule has 0 saturated heterocycles. The number of carboxylic acid groups (broad SMARTS) is 1. The van der Waals surface area contributed by atoms with Crippen molar-refractivity contribution in [2.24, 2.45) is 0 Å². The molecule has 2 N–H and O–H groups in total. The Kier molecular flexibility index (Phi) is 6.48. The lowest BCUT2D eigenvalue weighted by Crippen LogP contribution is -2.43. The zero-order chi connectivity index (χ0) is 19.1. The molecule has 1 amide bonds. The number of ether oxygens (including phenoxy) is 1. The number of carbonyl (C=O) groups is 3. The lowest BCUT2D eigenvalue weighted by atomic mass is 10.2. The van der Waals surface area contributed by atoms with Crippen LogP contribution in [0.2, 0.25) is 0 Å². The number of anilines is 1. The Morgan fingerprint density at radius 2 is 2.08 bits per heavy atom. The molecule has 0 fully saturated rings. The highest BCUT2D eigenvalue weighted by atomic mass is 16.6. The molecule has 0 unspecified atom stereocenters. The minimum atomic E-state index is -0.843. The van der Waals surface area contributed by atoms with E-state index in [-0.39, 0.29) is 36.9 Å². The minimum absolute atomic E-state index is 0.0527. The fraction of sp³-hybridized carbons (Fsp3) is 0.438. The maximum atomic E-state index is 12.0. The first kappa shape index (κ1) is 19.2. The van der Waals surface area contributed by atoms with E-state index in [4.69, 9.17) is 9.84 Å². The summed E-state index contributed by atoms with van der Waals surface area (Å²) in [6, 6.07) is 3.88. The van der Waals surface area contributed by atoms with Crippen LogP contribution in [-0.4, -0.2) is 47.5 Å². The van der Waals surface area contributed by atoms with Crippen molar-refractivity contribution in [1.29, 1.82) is 0 Å². The number of carbonyl (C=O) groups excluding carboxylic acids is 2. The van der Waals surface area contributed by atoms with Gasteiger partial charge in [0.1, 0.15) is 6.54 Å². The first-order valence-corrected chi connectivity index (χ1v) is 8.09. The first-order chi connectivity index (χ1) is 12.4. The number of nitro groups is 1. The number of nitrogens with one attached hydrogen (secondary N) is 1. The summed E-state index contributed by atoms with van der Waals surface area (Å²) in [5.41, 5.74) is 0.232. The Morgan fingerprint density at radius 1 is 1.31 bits per heavy atom. The third-order valence-corrected chi connectivity index (χ3v) is 3.76. The molecule has 0 aromatic heterocycles. The predicted octanol–water partition coefficient (Wildman–Crippen LogP) is 1.08. The first-order valence-electron chi connectivity index (χ1n) is 8.09. The van der Waals surface area contributed by atoms with Crippen LogP contribution in [0.15, 0.2) is 18.2 Å².